The van der Waals surface area contributed by atoms with Crippen LogP contribution in [0.2, 0.25) is 0 Å². The predicted molar refractivity (Wildman–Crippen MR) is 115 cm³/mol. The fraction of sp³-hybridized carbons (Fsp3) is 0.417. The van der Waals surface area contributed by atoms with Gasteiger partial charge < -0.3 is 10.6 Å². The van der Waals surface area contributed by atoms with E-state index in [1.165, 1.54) is 18.6 Å². The number of halogens is 1. The van der Waals surface area contributed by atoms with Crippen molar-refractivity contribution in [3.05, 3.63) is 65.5 Å². The summed E-state index contributed by atoms with van der Waals surface area (Å²) in [4.78, 5) is 27.3. The first-order valence-corrected chi connectivity index (χ1v) is 10.8. The smallest absolute Gasteiger partial charge is 0.246 e. The third kappa shape index (κ3) is 5.45. The fourth-order valence-electron chi connectivity index (χ4n) is 3.96. The van der Waals surface area contributed by atoms with Gasteiger partial charge in [-0.15, -0.1) is 0 Å². The second kappa shape index (κ2) is 9.39. The number of nitrogens with one attached hydrogen (secondary N) is 2. The number of rotatable bonds is 7. The Hall–Kier alpha value is -2.73. The Labute approximate surface area is 176 Å². The Bertz CT molecular complexity index is 872. The van der Waals surface area contributed by atoms with Crippen molar-refractivity contribution in [2.45, 2.75) is 50.6 Å². The van der Waals surface area contributed by atoms with E-state index in [4.69, 9.17) is 0 Å². The van der Waals surface area contributed by atoms with Gasteiger partial charge in [0.1, 0.15) is 11.9 Å². The zero-order valence-corrected chi connectivity index (χ0v) is 17.1. The second-order valence-electron chi connectivity index (χ2n) is 8.26. The van der Waals surface area contributed by atoms with Gasteiger partial charge in [-0.25, -0.2) is 4.39 Å². The molecule has 30 heavy (non-hydrogen) atoms. The van der Waals surface area contributed by atoms with Gasteiger partial charge in [0, 0.05) is 11.7 Å². The summed E-state index contributed by atoms with van der Waals surface area (Å²) in [5.74, 6) is -0.392. The van der Waals surface area contributed by atoms with Crippen molar-refractivity contribution >= 4 is 17.5 Å². The molecule has 0 radical (unpaired) electrons. The number of anilines is 1. The highest BCUT2D eigenvalue weighted by molar-refractivity contribution is 5.95. The summed E-state index contributed by atoms with van der Waals surface area (Å²) in [5, 5.41) is 5.98. The Morgan fingerprint density at radius 1 is 0.967 bits per heavy atom. The molecule has 1 heterocycles. The molecular formula is C24H28FN3O2. The fourth-order valence-corrected chi connectivity index (χ4v) is 3.96. The molecule has 1 unspecified atom stereocenters. The maximum atomic E-state index is 13.4. The summed E-state index contributed by atoms with van der Waals surface area (Å²) in [7, 11) is 0. The van der Waals surface area contributed by atoms with Gasteiger partial charge in [0.15, 0.2) is 0 Å². The van der Waals surface area contributed by atoms with E-state index in [0.29, 0.717) is 18.2 Å². The largest absolute Gasteiger partial charge is 0.353 e. The number of piperidine rings is 1. The molecule has 1 aliphatic heterocycles. The minimum Gasteiger partial charge on any atom is -0.353 e. The van der Waals surface area contributed by atoms with Gasteiger partial charge in [-0.2, -0.15) is 0 Å². The van der Waals surface area contributed by atoms with Crippen LogP contribution < -0.4 is 10.6 Å². The number of likely N-dealkylation sites (tertiary alicyclic amines) is 1. The number of carbonyl (C=O) groups is 2. The van der Waals surface area contributed by atoms with Crippen LogP contribution in [0.15, 0.2) is 48.5 Å². The Morgan fingerprint density at radius 3 is 2.27 bits per heavy atom. The van der Waals surface area contributed by atoms with E-state index >= 15 is 0 Å². The monoisotopic (exact) mass is 409 g/mol. The van der Waals surface area contributed by atoms with Crippen LogP contribution in [0, 0.1) is 5.82 Å². The van der Waals surface area contributed by atoms with E-state index in [0.717, 1.165) is 49.9 Å². The minimum atomic E-state index is -0.449. The average Bonchev–Trinajstić information content (AvgIpc) is 3.56. The lowest BCUT2D eigenvalue weighted by Gasteiger charge is -2.34. The normalized spacial score (nSPS) is 17.9. The molecule has 4 rings (SSSR count). The van der Waals surface area contributed by atoms with Gasteiger partial charge in [-0.3, -0.25) is 14.5 Å². The van der Waals surface area contributed by atoms with Crippen LogP contribution in [0.1, 0.15) is 49.3 Å². The summed E-state index contributed by atoms with van der Waals surface area (Å²) in [6.07, 6.45) is 5.78. The van der Waals surface area contributed by atoms with Crippen LogP contribution in [0.4, 0.5) is 10.1 Å². The first kappa shape index (κ1) is 20.5. The van der Waals surface area contributed by atoms with Gasteiger partial charge in [0.05, 0.1) is 6.42 Å². The lowest BCUT2D eigenvalue weighted by molar-refractivity contribution is -0.122. The highest BCUT2D eigenvalue weighted by atomic mass is 19.1. The number of hydrogen-bond donors (Lipinski definition) is 2. The van der Waals surface area contributed by atoms with Crippen molar-refractivity contribution < 1.29 is 14.0 Å². The molecule has 2 amide bonds. The van der Waals surface area contributed by atoms with E-state index in [1.807, 2.05) is 24.3 Å². The van der Waals surface area contributed by atoms with Crippen LogP contribution in [0.5, 0.6) is 0 Å². The SMILES string of the molecule is O=C(Cc1ccc(NC(=O)C(c2ccc(F)cc2)N2CCCCC2)cc1)NC1CC1. The highest BCUT2D eigenvalue weighted by Gasteiger charge is 2.29. The third-order valence-corrected chi connectivity index (χ3v) is 5.72. The molecule has 0 aromatic heterocycles. The Kier molecular flexibility index (Phi) is 6.43. The predicted octanol–water partition coefficient (Wildman–Crippen LogP) is 3.81. The lowest BCUT2D eigenvalue weighted by Crippen LogP contribution is -2.40. The van der Waals surface area contributed by atoms with E-state index in [1.54, 1.807) is 12.1 Å². The number of hydrogen-bond acceptors (Lipinski definition) is 3. The second-order valence-corrected chi connectivity index (χ2v) is 8.26. The molecule has 1 saturated heterocycles. The number of carbonyl (C=O) groups excluding carboxylic acids is 2. The molecule has 2 aromatic carbocycles. The summed E-state index contributed by atoms with van der Waals surface area (Å²) in [6, 6.07) is 13.5. The van der Waals surface area contributed by atoms with Crippen LogP contribution in [-0.2, 0) is 16.0 Å². The maximum Gasteiger partial charge on any atom is 0.246 e. The third-order valence-electron chi connectivity index (χ3n) is 5.72. The summed E-state index contributed by atoms with van der Waals surface area (Å²) in [5.41, 5.74) is 2.40. The number of nitrogens with zero attached hydrogens (tertiary/aromatic N) is 1. The Balaban J connectivity index is 1.43. The molecule has 2 fully saturated rings. The minimum absolute atomic E-state index is 0.0377. The number of amides is 2. The quantitative estimate of drug-likeness (QED) is 0.731. The molecule has 1 atom stereocenters. The van der Waals surface area contributed by atoms with Crippen LogP contribution in [-0.4, -0.2) is 35.8 Å². The van der Waals surface area contributed by atoms with Crippen molar-refractivity contribution in [3.63, 3.8) is 0 Å². The summed E-state index contributed by atoms with van der Waals surface area (Å²) >= 11 is 0. The summed E-state index contributed by atoms with van der Waals surface area (Å²) in [6.45, 7) is 1.70. The van der Waals surface area contributed by atoms with Gasteiger partial charge >= 0.3 is 0 Å². The molecule has 2 aliphatic rings. The van der Waals surface area contributed by atoms with Crippen molar-refractivity contribution in [1.29, 1.82) is 0 Å². The molecule has 2 N–H and O–H groups in total. The van der Waals surface area contributed by atoms with E-state index in [-0.39, 0.29) is 17.6 Å². The van der Waals surface area contributed by atoms with E-state index < -0.39 is 6.04 Å². The summed E-state index contributed by atoms with van der Waals surface area (Å²) < 4.78 is 13.4. The van der Waals surface area contributed by atoms with Gasteiger partial charge in [-0.1, -0.05) is 30.7 Å². The topological polar surface area (TPSA) is 61.4 Å². The first-order valence-electron chi connectivity index (χ1n) is 10.8. The van der Waals surface area contributed by atoms with Crippen LogP contribution in [0.3, 0.4) is 0 Å². The molecule has 1 aliphatic carbocycles. The standard InChI is InChI=1S/C24H28FN3O2/c25-19-8-6-18(7-9-19)23(28-14-2-1-3-15-28)24(30)27-21-10-4-17(5-11-21)16-22(29)26-20-12-13-20/h4-11,20,23H,1-3,12-16H2,(H,26,29)(H,27,30). The van der Waals surface area contributed by atoms with Crippen molar-refractivity contribution in [2.75, 3.05) is 18.4 Å². The van der Waals surface area contributed by atoms with Crippen molar-refractivity contribution in [3.8, 4) is 0 Å². The van der Waals surface area contributed by atoms with Gasteiger partial charge in [0.2, 0.25) is 11.8 Å². The van der Waals surface area contributed by atoms with Crippen molar-refractivity contribution in [1.82, 2.24) is 10.2 Å². The van der Waals surface area contributed by atoms with E-state index in [9.17, 15) is 14.0 Å². The zero-order chi connectivity index (χ0) is 20.9. The molecule has 6 heteroatoms. The zero-order valence-electron chi connectivity index (χ0n) is 17.1. The number of benzene rings is 2. The molecule has 2 aromatic rings. The first-order chi connectivity index (χ1) is 14.6. The average molecular weight is 410 g/mol. The molecule has 1 saturated carbocycles. The molecule has 0 bridgehead atoms. The Morgan fingerprint density at radius 2 is 1.63 bits per heavy atom. The highest BCUT2D eigenvalue weighted by Crippen LogP contribution is 2.27. The lowest BCUT2D eigenvalue weighted by atomic mass is 10.0. The van der Waals surface area contributed by atoms with Gasteiger partial charge in [0.25, 0.3) is 0 Å². The van der Waals surface area contributed by atoms with E-state index in [2.05, 4.69) is 15.5 Å². The van der Waals surface area contributed by atoms with Gasteiger partial charge in [-0.05, 0) is 74.2 Å². The molecule has 158 valence electrons. The van der Waals surface area contributed by atoms with Crippen molar-refractivity contribution in [2.24, 2.45) is 0 Å². The maximum absolute atomic E-state index is 13.4. The van der Waals surface area contributed by atoms with Crippen LogP contribution in [0.25, 0.3) is 0 Å². The van der Waals surface area contributed by atoms with Crippen LogP contribution >= 0.6 is 0 Å². The molecular weight excluding hydrogens is 381 g/mol. The molecule has 5 nitrogen and oxygen atoms in total. The molecule has 0 spiro atoms.